The van der Waals surface area contributed by atoms with Crippen molar-refractivity contribution >= 4 is 28.3 Å². The number of fused-ring (bicyclic) bond motifs is 3. The number of hydrogen-bond acceptors (Lipinski definition) is 3. The Kier molecular flexibility index (Phi) is 5.33. The second-order valence-corrected chi connectivity index (χ2v) is 7.80. The molecule has 5 nitrogen and oxygen atoms in total. The van der Waals surface area contributed by atoms with Crippen LogP contribution in [-0.4, -0.2) is 29.6 Å². The molecule has 0 saturated carbocycles. The van der Waals surface area contributed by atoms with Crippen LogP contribution in [0.5, 0.6) is 0 Å². The molecule has 0 aliphatic carbocycles. The molecule has 4 rings (SSSR count). The largest absolute Gasteiger partial charge is 0.378 e. The number of carbonyl (C=O) groups is 1. The maximum Gasteiger partial charge on any atom is 0.224 e. The summed E-state index contributed by atoms with van der Waals surface area (Å²) >= 11 is 0. The maximum absolute atomic E-state index is 12.4. The predicted molar refractivity (Wildman–Crippen MR) is 115 cm³/mol. The molecule has 1 amide bonds. The number of nitrogens with zero attached hydrogens (tertiary/aromatic N) is 3. The third-order valence-electron chi connectivity index (χ3n) is 5.49. The van der Waals surface area contributed by atoms with E-state index in [-0.39, 0.29) is 5.91 Å². The van der Waals surface area contributed by atoms with Crippen LogP contribution in [0.3, 0.4) is 0 Å². The quantitative estimate of drug-likeness (QED) is 0.718. The highest BCUT2D eigenvalue weighted by Crippen LogP contribution is 2.24. The Bertz CT molecular complexity index is 972. The van der Waals surface area contributed by atoms with E-state index in [4.69, 9.17) is 4.98 Å². The molecule has 0 bridgehead atoms. The van der Waals surface area contributed by atoms with Gasteiger partial charge in [-0.05, 0) is 55.2 Å². The zero-order chi connectivity index (χ0) is 19.5. The number of nitrogens with one attached hydrogen (secondary N) is 1. The molecule has 1 aromatic heterocycles. The van der Waals surface area contributed by atoms with Gasteiger partial charge in [0.2, 0.25) is 5.91 Å². The summed E-state index contributed by atoms with van der Waals surface area (Å²) in [5.41, 5.74) is 5.33. The molecule has 146 valence electrons. The summed E-state index contributed by atoms with van der Waals surface area (Å²) in [5.74, 6) is 1.22. The fraction of sp³-hybridized carbons (Fsp3) is 0.391. The summed E-state index contributed by atoms with van der Waals surface area (Å²) in [5, 5.41) is 3.03. The van der Waals surface area contributed by atoms with E-state index in [1.807, 2.05) is 26.2 Å². The molecule has 1 aliphatic heterocycles. The normalized spacial score (nSPS) is 13.8. The van der Waals surface area contributed by atoms with E-state index in [0.29, 0.717) is 6.42 Å². The van der Waals surface area contributed by atoms with Gasteiger partial charge in [0.25, 0.3) is 0 Å². The van der Waals surface area contributed by atoms with E-state index >= 15 is 0 Å². The molecule has 3 aromatic rings. The van der Waals surface area contributed by atoms with Gasteiger partial charge in [-0.2, -0.15) is 0 Å². The molecule has 2 aromatic carbocycles. The van der Waals surface area contributed by atoms with Crippen molar-refractivity contribution in [1.29, 1.82) is 0 Å². The van der Waals surface area contributed by atoms with Gasteiger partial charge in [-0.25, -0.2) is 4.98 Å². The number of imidazole rings is 1. The topological polar surface area (TPSA) is 50.2 Å². The highest BCUT2D eigenvalue weighted by Gasteiger charge is 2.14. The first-order valence-corrected chi connectivity index (χ1v) is 10.2. The van der Waals surface area contributed by atoms with Gasteiger partial charge in [0, 0.05) is 44.9 Å². The summed E-state index contributed by atoms with van der Waals surface area (Å²) < 4.78 is 2.34. The van der Waals surface area contributed by atoms with Crippen molar-refractivity contribution in [2.24, 2.45) is 0 Å². The monoisotopic (exact) mass is 376 g/mol. The van der Waals surface area contributed by atoms with Crippen LogP contribution in [0.25, 0.3) is 11.0 Å². The van der Waals surface area contributed by atoms with Gasteiger partial charge in [-0.1, -0.05) is 18.6 Å². The SMILES string of the molecule is CN(C)c1ccc(CCC(=O)Nc2ccc3c(c2)nc2n3CCCCC2)cc1. The lowest BCUT2D eigenvalue weighted by Gasteiger charge is -2.12. The molecule has 0 radical (unpaired) electrons. The summed E-state index contributed by atoms with van der Waals surface area (Å²) in [6.45, 7) is 1.05. The predicted octanol–water partition coefficient (Wildman–Crippen LogP) is 4.40. The number of aryl methyl sites for hydroxylation is 3. The number of rotatable bonds is 5. The van der Waals surface area contributed by atoms with E-state index in [1.54, 1.807) is 0 Å². The fourth-order valence-corrected chi connectivity index (χ4v) is 3.87. The third kappa shape index (κ3) is 4.03. The molecular formula is C23H28N4O. The summed E-state index contributed by atoms with van der Waals surface area (Å²) in [6, 6.07) is 14.4. The molecule has 1 aliphatic rings. The first kappa shape index (κ1) is 18.5. The van der Waals surface area contributed by atoms with E-state index in [2.05, 4.69) is 45.1 Å². The molecular weight excluding hydrogens is 348 g/mol. The van der Waals surface area contributed by atoms with Gasteiger partial charge >= 0.3 is 0 Å². The Morgan fingerprint density at radius 3 is 2.71 bits per heavy atom. The van der Waals surface area contributed by atoms with E-state index in [9.17, 15) is 4.79 Å². The molecule has 0 atom stereocenters. The molecule has 0 unspecified atom stereocenters. The highest BCUT2D eigenvalue weighted by atomic mass is 16.1. The molecule has 5 heteroatoms. The van der Waals surface area contributed by atoms with Crippen molar-refractivity contribution in [1.82, 2.24) is 9.55 Å². The molecule has 0 fully saturated rings. The van der Waals surface area contributed by atoms with E-state index in [0.717, 1.165) is 30.6 Å². The van der Waals surface area contributed by atoms with Crippen LogP contribution in [0.15, 0.2) is 42.5 Å². The van der Waals surface area contributed by atoms with Crippen LogP contribution in [0.4, 0.5) is 11.4 Å². The molecule has 0 saturated heterocycles. The Balaban J connectivity index is 1.39. The average molecular weight is 377 g/mol. The molecule has 2 heterocycles. The van der Waals surface area contributed by atoms with Crippen LogP contribution in [0.2, 0.25) is 0 Å². The Morgan fingerprint density at radius 2 is 1.93 bits per heavy atom. The number of hydrogen-bond donors (Lipinski definition) is 1. The van der Waals surface area contributed by atoms with Crippen LogP contribution in [0.1, 0.15) is 37.1 Å². The van der Waals surface area contributed by atoms with Crippen LogP contribution in [-0.2, 0) is 24.2 Å². The first-order chi connectivity index (χ1) is 13.6. The fourth-order valence-electron chi connectivity index (χ4n) is 3.87. The first-order valence-electron chi connectivity index (χ1n) is 10.2. The minimum atomic E-state index is 0.0387. The zero-order valence-electron chi connectivity index (χ0n) is 16.7. The smallest absolute Gasteiger partial charge is 0.224 e. The van der Waals surface area contributed by atoms with Gasteiger partial charge < -0.3 is 14.8 Å². The number of benzene rings is 2. The number of amides is 1. The minimum Gasteiger partial charge on any atom is -0.378 e. The van der Waals surface area contributed by atoms with Gasteiger partial charge in [0.15, 0.2) is 0 Å². The second-order valence-electron chi connectivity index (χ2n) is 7.80. The van der Waals surface area contributed by atoms with Gasteiger partial charge in [0.1, 0.15) is 5.82 Å². The third-order valence-corrected chi connectivity index (χ3v) is 5.49. The standard InChI is InChI=1S/C23H28N4O/c1-26(2)19-11-7-17(8-12-19)9-14-23(28)24-18-10-13-21-20(16-18)25-22-6-4-3-5-15-27(21)22/h7-8,10-13,16H,3-6,9,14-15H2,1-2H3,(H,24,28). The summed E-state index contributed by atoms with van der Waals surface area (Å²) in [7, 11) is 4.05. The second kappa shape index (κ2) is 8.05. The number of anilines is 2. The van der Waals surface area contributed by atoms with E-state index < -0.39 is 0 Å². The zero-order valence-corrected chi connectivity index (χ0v) is 16.7. The number of carbonyl (C=O) groups excluding carboxylic acids is 1. The molecule has 28 heavy (non-hydrogen) atoms. The van der Waals surface area contributed by atoms with Gasteiger partial charge in [-0.15, -0.1) is 0 Å². The van der Waals surface area contributed by atoms with Crippen molar-refractivity contribution in [3.05, 3.63) is 53.9 Å². The Morgan fingerprint density at radius 1 is 1.11 bits per heavy atom. The van der Waals surface area contributed by atoms with Gasteiger partial charge in [-0.3, -0.25) is 4.79 Å². The van der Waals surface area contributed by atoms with Crippen LogP contribution in [0, 0.1) is 0 Å². The average Bonchev–Trinajstić information content (AvgIpc) is 2.86. The van der Waals surface area contributed by atoms with E-state index in [1.165, 1.54) is 41.9 Å². The van der Waals surface area contributed by atoms with Gasteiger partial charge in [0.05, 0.1) is 11.0 Å². The molecule has 1 N–H and O–H groups in total. The summed E-state index contributed by atoms with van der Waals surface area (Å²) in [4.78, 5) is 19.3. The lowest BCUT2D eigenvalue weighted by Crippen LogP contribution is -2.12. The lowest BCUT2D eigenvalue weighted by atomic mass is 10.1. The van der Waals surface area contributed by atoms with Crippen molar-refractivity contribution in [2.45, 2.75) is 45.1 Å². The van der Waals surface area contributed by atoms with Crippen molar-refractivity contribution in [3.8, 4) is 0 Å². The number of aromatic nitrogens is 2. The lowest BCUT2D eigenvalue weighted by molar-refractivity contribution is -0.116. The Hall–Kier alpha value is -2.82. The summed E-state index contributed by atoms with van der Waals surface area (Å²) in [6.07, 6.45) is 5.95. The van der Waals surface area contributed by atoms with Crippen molar-refractivity contribution < 1.29 is 4.79 Å². The van der Waals surface area contributed by atoms with Crippen molar-refractivity contribution in [2.75, 3.05) is 24.3 Å². The minimum absolute atomic E-state index is 0.0387. The maximum atomic E-state index is 12.4. The molecule has 0 spiro atoms. The van der Waals surface area contributed by atoms with Crippen molar-refractivity contribution in [3.63, 3.8) is 0 Å². The highest BCUT2D eigenvalue weighted by molar-refractivity contribution is 5.93. The Labute approximate surface area is 166 Å². The van der Waals surface area contributed by atoms with Crippen LogP contribution >= 0.6 is 0 Å². The van der Waals surface area contributed by atoms with Crippen LogP contribution < -0.4 is 10.2 Å².